The molecule has 6 nitrogen and oxygen atoms in total. The highest BCUT2D eigenvalue weighted by molar-refractivity contribution is 6.30. The van der Waals surface area contributed by atoms with Crippen molar-refractivity contribution in [3.8, 4) is 0 Å². The lowest BCUT2D eigenvalue weighted by Crippen LogP contribution is -2.45. The van der Waals surface area contributed by atoms with Crippen molar-refractivity contribution in [2.24, 2.45) is 17.6 Å². The molecule has 134 valence electrons. The van der Waals surface area contributed by atoms with E-state index in [1.807, 2.05) is 12.1 Å². The highest BCUT2D eigenvalue weighted by Gasteiger charge is 2.68. The summed E-state index contributed by atoms with van der Waals surface area (Å²) in [6, 6.07) is 7.35. The summed E-state index contributed by atoms with van der Waals surface area (Å²) in [6.07, 6.45) is 1.52. The number of rotatable bonds is 5. The van der Waals surface area contributed by atoms with Crippen molar-refractivity contribution < 1.29 is 14.3 Å². The van der Waals surface area contributed by atoms with E-state index < -0.39 is 11.5 Å². The SMILES string of the molecule is NCCN1C[C@@]23CC[C@@H](O2)[C@@H](C(=O)NCc2ccc(Cl)cc2)[C@H]3C1=O. The number of benzene rings is 1. The molecule has 2 bridgehead atoms. The predicted octanol–water partition coefficient (Wildman–Crippen LogP) is 0.921. The van der Waals surface area contributed by atoms with Crippen molar-refractivity contribution in [3.05, 3.63) is 34.9 Å². The largest absolute Gasteiger partial charge is 0.368 e. The summed E-state index contributed by atoms with van der Waals surface area (Å²) in [6.45, 7) is 1.92. The minimum absolute atomic E-state index is 0.0132. The van der Waals surface area contributed by atoms with Crippen LogP contribution in [0.2, 0.25) is 5.02 Å². The summed E-state index contributed by atoms with van der Waals surface area (Å²) < 4.78 is 6.15. The van der Waals surface area contributed by atoms with Crippen LogP contribution in [-0.4, -0.2) is 48.1 Å². The van der Waals surface area contributed by atoms with Crippen molar-refractivity contribution >= 4 is 23.4 Å². The molecule has 0 radical (unpaired) electrons. The summed E-state index contributed by atoms with van der Waals surface area (Å²) in [5.74, 6) is -0.867. The smallest absolute Gasteiger partial charge is 0.229 e. The van der Waals surface area contributed by atoms with Crippen molar-refractivity contribution in [3.63, 3.8) is 0 Å². The fourth-order valence-electron chi connectivity index (χ4n) is 4.60. The van der Waals surface area contributed by atoms with Crippen LogP contribution >= 0.6 is 11.6 Å². The number of nitrogens with one attached hydrogen (secondary N) is 1. The molecule has 3 heterocycles. The molecule has 3 fully saturated rings. The molecule has 7 heteroatoms. The van der Waals surface area contributed by atoms with Crippen molar-refractivity contribution in [2.75, 3.05) is 19.6 Å². The molecular formula is C18H22ClN3O3. The van der Waals surface area contributed by atoms with E-state index in [-0.39, 0.29) is 23.8 Å². The van der Waals surface area contributed by atoms with Gasteiger partial charge in [0.2, 0.25) is 11.8 Å². The minimum atomic E-state index is -0.487. The third-order valence-electron chi connectivity index (χ3n) is 5.68. The Morgan fingerprint density at radius 3 is 2.88 bits per heavy atom. The second-order valence-electron chi connectivity index (χ2n) is 7.16. The number of hydrogen-bond acceptors (Lipinski definition) is 4. The molecule has 2 amide bonds. The number of carbonyl (C=O) groups is 2. The van der Waals surface area contributed by atoms with E-state index in [0.717, 1.165) is 18.4 Å². The zero-order valence-electron chi connectivity index (χ0n) is 13.9. The Balaban J connectivity index is 1.47. The van der Waals surface area contributed by atoms with Gasteiger partial charge in [-0.05, 0) is 30.5 Å². The quantitative estimate of drug-likeness (QED) is 0.814. The molecule has 1 aromatic rings. The molecule has 4 atom stereocenters. The zero-order valence-corrected chi connectivity index (χ0v) is 14.7. The van der Waals surface area contributed by atoms with Gasteiger partial charge < -0.3 is 20.7 Å². The van der Waals surface area contributed by atoms with Gasteiger partial charge in [0.1, 0.15) is 0 Å². The molecule has 3 N–H and O–H groups in total. The van der Waals surface area contributed by atoms with Crippen LogP contribution in [0, 0.1) is 11.8 Å². The lowest BCUT2D eigenvalue weighted by atomic mass is 9.73. The Hall–Kier alpha value is -1.63. The van der Waals surface area contributed by atoms with E-state index in [1.54, 1.807) is 17.0 Å². The molecular weight excluding hydrogens is 342 g/mol. The molecule has 1 spiro atoms. The molecule has 3 saturated heterocycles. The Morgan fingerprint density at radius 1 is 1.40 bits per heavy atom. The fourth-order valence-corrected chi connectivity index (χ4v) is 4.72. The maximum absolute atomic E-state index is 12.8. The number of likely N-dealkylation sites (tertiary alicyclic amines) is 1. The van der Waals surface area contributed by atoms with Gasteiger partial charge in [-0.25, -0.2) is 0 Å². The van der Waals surface area contributed by atoms with E-state index >= 15 is 0 Å². The van der Waals surface area contributed by atoms with Crippen LogP contribution in [0.5, 0.6) is 0 Å². The number of ether oxygens (including phenoxy) is 1. The molecule has 1 aromatic carbocycles. The van der Waals surface area contributed by atoms with Crippen LogP contribution in [-0.2, 0) is 20.9 Å². The van der Waals surface area contributed by atoms with E-state index in [4.69, 9.17) is 22.1 Å². The van der Waals surface area contributed by atoms with E-state index in [9.17, 15) is 9.59 Å². The van der Waals surface area contributed by atoms with Crippen LogP contribution in [0.15, 0.2) is 24.3 Å². The average Bonchev–Trinajstić information content (AvgIpc) is 3.23. The molecule has 3 aliphatic rings. The minimum Gasteiger partial charge on any atom is -0.368 e. The lowest BCUT2D eigenvalue weighted by molar-refractivity contribution is -0.138. The Morgan fingerprint density at radius 2 is 2.16 bits per heavy atom. The summed E-state index contributed by atoms with van der Waals surface area (Å²) in [7, 11) is 0. The van der Waals surface area contributed by atoms with Crippen LogP contribution in [0.1, 0.15) is 18.4 Å². The van der Waals surface area contributed by atoms with Gasteiger partial charge in [0.25, 0.3) is 0 Å². The van der Waals surface area contributed by atoms with Gasteiger partial charge in [0.15, 0.2) is 0 Å². The molecule has 0 aliphatic carbocycles. The monoisotopic (exact) mass is 363 g/mol. The third kappa shape index (κ3) is 2.72. The Kier molecular flexibility index (Phi) is 4.22. The van der Waals surface area contributed by atoms with Gasteiger partial charge in [0, 0.05) is 24.7 Å². The first-order chi connectivity index (χ1) is 12.0. The average molecular weight is 364 g/mol. The number of nitrogens with two attached hydrogens (primary N) is 1. The summed E-state index contributed by atoms with van der Waals surface area (Å²) >= 11 is 5.88. The molecule has 0 aromatic heterocycles. The predicted molar refractivity (Wildman–Crippen MR) is 92.8 cm³/mol. The number of carbonyl (C=O) groups excluding carboxylic acids is 2. The van der Waals surface area contributed by atoms with Crippen molar-refractivity contribution in [1.29, 1.82) is 0 Å². The zero-order chi connectivity index (χ0) is 17.6. The Bertz CT molecular complexity index is 695. The summed E-state index contributed by atoms with van der Waals surface area (Å²) in [5, 5.41) is 3.63. The number of nitrogens with zero attached hydrogens (tertiary/aromatic N) is 1. The standard InChI is InChI=1S/C18H22ClN3O3/c19-12-3-1-11(2-4-12)9-21-16(23)14-13-5-6-18(25-13)10-22(8-7-20)17(24)15(14)18/h1-4,13-15H,5-10,20H2,(H,21,23)/t13-,14-,15+,18-/m1/s1. The number of fused-ring (bicyclic) bond motifs is 1. The molecule has 3 aliphatic heterocycles. The molecule has 4 rings (SSSR count). The van der Waals surface area contributed by atoms with Gasteiger partial charge in [-0.1, -0.05) is 23.7 Å². The lowest BCUT2D eigenvalue weighted by Gasteiger charge is -2.27. The highest BCUT2D eigenvalue weighted by Crippen LogP contribution is 2.55. The maximum atomic E-state index is 12.8. The third-order valence-corrected chi connectivity index (χ3v) is 5.93. The first-order valence-electron chi connectivity index (χ1n) is 8.73. The number of halogens is 1. The first kappa shape index (κ1) is 16.8. The van der Waals surface area contributed by atoms with Crippen LogP contribution in [0.4, 0.5) is 0 Å². The van der Waals surface area contributed by atoms with Crippen molar-refractivity contribution in [1.82, 2.24) is 10.2 Å². The van der Waals surface area contributed by atoms with Gasteiger partial charge in [-0.2, -0.15) is 0 Å². The van der Waals surface area contributed by atoms with Crippen LogP contribution in [0.3, 0.4) is 0 Å². The van der Waals surface area contributed by atoms with Crippen LogP contribution < -0.4 is 11.1 Å². The summed E-state index contributed by atoms with van der Waals surface area (Å²) in [5.41, 5.74) is 6.09. The second-order valence-corrected chi connectivity index (χ2v) is 7.59. The first-order valence-corrected chi connectivity index (χ1v) is 9.11. The molecule has 0 unspecified atom stereocenters. The normalized spacial score (nSPS) is 33.0. The molecule has 25 heavy (non-hydrogen) atoms. The van der Waals surface area contributed by atoms with Crippen molar-refractivity contribution in [2.45, 2.75) is 31.1 Å². The maximum Gasteiger partial charge on any atom is 0.229 e. The van der Waals surface area contributed by atoms with Crippen LogP contribution in [0.25, 0.3) is 0 Å². The molecule has 0 saturated carbocycles. The number of amides is 2. The Labute approximate surface area is 151 Å². The van der Waals surface area contributed by atoms with E-state index in [0.29, 0.717) is 31.2 Å². The van der Waals surface area contributed by atoms with E-state index in [2.05, 4.69) is 5.32 Å². The summed E-state index contributed by atoms with van der Waals surface area (Å²) in [4.78, 5) is 27.4. The van der Waals surface area contributed by atoms with Gasteiger partial charge >= 0.3 is 0 Å². The second kappa shape index (κ2) is 6.27. The van der Waals surface area contributed by atoms with Gasteiger partial charge in [0.05, 0.1) is 30.1 Å². The fraction of sp³-hybridized carbons (Fsp3) is 0.556. The number of hydrogen-bond donors (Lipinski definition) is 2. The van der Waals surface area contributed by atoms with Gasteiger partial charge in [-0.3, -0.25) is 9.59 Å². The van der Waals surface area contributed by atoms with Gasteiger partial charge in [-0.15, -0.1) is 0 Å². The van der Waals surface area contributed by atoms with E-state index in [1.165, 1.54) is 0 Å². The topological polar surface area (TPSA) is 84.7 Å². The highest BCUT2D eigenvalue weighted by atomic mass is 35.5.